The summed E-state index contributed by atoms with van der Waals surface area (Å²) in [6.45, 7) is 12.4. The molecule has 3 heteroatoms. The molecular weight excluding hydrogens is 444 g/mol. The molecule has 0 saturated carbocycles. The highest BCUT2D eigenvalue weighted by Crippen LogP contribution is 2.35. The van der Waals surface area contributed by atoms with Gasteiger partial charge in [0.05, 0.1) is 0 Å². The van der Waals surface area contributed by atoms with E-state index in [9.17, 15) is 0 Å². The summed E-state index contributed by atoms with van der Waals surface area (Å²) in [4.78, 5) is 2.14. The number of nitrogens with two attached hydrogens (primary N) is 1. The van der Waals surface area contributed by atoms with Gasteiger partial charge >= 0.3 is 0 Å². The van der Waals surface area contributed by atoms with Crippen molar-refractivity contribution < 1.29 is 0 Å². The van der Waals surface area contributed by atoms with Gasteiger partial charge < -0.3 is 5.73 Å². The number of allylic oxidation sites excluding steroid dienone is 7. The molecule has 0 bridgehead atoms. The molecule has 0 amide bonds. The van der Waals surface area contributed by atoms with Crippen LogP contribution in [-0.2, 0) is 6.42 Å². The zero-order chi connectivity index (χ0) is 25.2. The van der Waals surface area contributed by atoms with Crippen molar-refractivity contribution in [2.24, 2.45) is 5.73 Å². The van der Waals surface area contributed by atoms with Crippen LogP contribution in [0.15, 0.2) is 126 Å². The molecule has 0 aromatic heterocycles. The summed E-state index contributed by atoms with van der Waals surface area (Å²) in [7, 11) is 0. The molecule has 174 valence electrons. The average molecular weight is 475 g/mol. The predicted molar refractivity (Wildman–Crippen MR) is 152 cm³/mol. The molecule has 0 aliphatic rings. The van der Waals surface area contributed by atoms with Crippen molar-refractivity contribution in [3.63, 3.8) is 0 Å². The van der Waals surface area contributed by atoms with E-state index < -0.39 is 0 Å². The minimum Gasteiger partial charge on any atom is -0.390 e. The van der Waals surface area contributed by atoms with E-state index in [0.717, 1.165) is 44.7 Å². The lowest BCUT2D eigenvalue weighted by Crippen LogP contribution is -1.94. The standard InChI is InChI=1S/C32H30N2S/c1-5-24-16-17-30(29-15-11-14-28(19-29)26(7-3)20-31(34)22-33)21-32(24)35-23(4)18-25(6-2)27-12-9-8-10-13-27/h6-21H,2,4-5,34H2,1,3H3/b25-18+,26-7+,31-20-. The first-order chi connectivity index (χ1) is 17.0. The van der Waals surface area contributed by atoms with Crippen LogP contribution in [-0.4, -0.2) is 0 Å². The summed E-state index contributed by atoms with van der Waals surface area (Å²) in [5.41, 5.74) is 13.6. The van der Waals surface area contributed by atoms with Crippen LogP contribution in [0.1, 0.15) is 30.5 Å². The van der Waals surface area contributed by atoms with Crippen LogP contribution in [0.25, 0.3) is 22.3 Å². The van der Waals surface area contributed by atoms with Crippen LogP contribution in [0.2, 0.25) is 0 Å². The summed E-state index contributed by atoms with van der Waals surface area (Å²) in [6.07, 6.45) is 8.57. The van der Waals surface area contributed by atoms with Gasteiger partial charge in [0.15, 0.2) is 0 Å². The summed E-state index contributed by atoms with van der Waals surface area (Å²) in [5, 5.41) is 9.06. The predicted octanol–water partition coefficient (Wildman–Crippen LogP) is 8.56. The Kier molecular flexibility index (Phi) is 9.12. The number of thioether (sulfide) groups is 1. The molecule has 3 aromatic carbocycles. The Labute approximate surface area is 213 Å². The molecule has 0 aliphatic heterocycles. The van der Waals surface area contributed by atoms with E-state index >= 15 is 0 Å². The first-order valence-electron chi connectivity index (χ1n) is 11.5. The van der Waals surface area contributed by atoms with Crippen LogP contribution in [0.4, 0.5) is 0 Å². The highest BCUT2D eigenvalue weighted by atomic mass is 32.2. The van der Waals surface area contributed by atoms with Crippen molar-refractivity contribution in [2.45, 2.75) is 25.2 Å². The molecule has 0 heterocycles. The second-order valence-electron chi connectivity index (χ2n) is 7.95. The van der Waals surface area contributed by atoms with Gasteiger partial charge in [-0.15, -0.1) is 0 Å². The van der Waals surface area contributed by atoms with Gasteiger partial charge in [0.2, 0.25) is 0 Å². The van der Waals surface area contributed by atoms with Gasteiger partial charge in [-0.2, -0.15) is 5.26 Å². The van der Waals surface area contributed by atoms with E-state index in [1.165, 1.54) is 10.5 Å². The largest absolute Gasteiger partial charge is 0.390 e. The second-order valence-corrected chi connectivity index (χ2v) is 9.12. The molecule has 0 saturated heterocycles. The van der Waals surface area contributed by atoms with Gasteiger partial charge in [0.25, 0.3) is 0 Å². The van der Waals surface area contributed by atoms with Gasteiger partial charge in [-0.1, -0.05) is 105 Å². The first kappa shape index (κ1) is 25.6. The highest BCUT2D eigenvalue weighted by Gasteiger charge is 2.09. The molecule has 3 rings (SSSR count). The van der Waals surface area contributed by atoms with Crippen molar-refractivity contribution in [3.8, 4) is 17.2 Å². The Bertz CT molecular complexity index is 1350. The Morgan fingerprint density at radius 2 is 1.66 bits per heavy atom. The van der Waals surface area contributed by atoms with Crippen LogP contribution in [0.3, 0.4) is 0 Å². The number of benzene rings is 3. The lowest BCUT2D eigenvalue weighted by atomic mass is 9.97. The van der Waals surface area contributed by atoms with E-state index in [-0.39, 0.29) is 5.70 Å². The number of hydrogen-bond acceptors (Lipinski definition) is 3. The van der Waals surface area contributed by atoms with Crippen LogP contribution in [0, 0.1) is 11.3 Å². The number of nitrogens with zero attached hydrogens (tertiary/aromatic N) is 1. The van der Waals surface area contributed by atoms with E-state index in [2.05, 4.69) is 68.6 Å². The number of aryl methyl sites for hydroxylation is 1. The quantitative estimate of drug-likeness (QED) is 0.192. The fourth-order valence-corrected chi connectivity index (χ4v) is 4.77. The number of rotatable bonds is 9. The summed E-state index contributed by atoms with van der Waals surface area (Å²) < 4.78 is 0. The molecule has 0 radical (unpaired) electrons. The third-order valence-corrected chi connectivity index (χ3v) is 6.59. The fraction of sp³-hybridized carbons (Fsp3) is 0.0938. The van der Waals surface area contributed by atoms with E-state index in [1.54, 1.807) is 17.8 Å². The Hall–Kier alpha value is -4.00. The molecule has 2 N–H and O–H groups in total. The molecule has 0 fully saturated rings. The molecular formula is C32H30N2S. The van der Waals surface area contributed by atoms with Crippen LogP contribution >= 0.6 is 11.8 Å². The van der Waals surface area contributed by atoms with Crippen molar-refractivity contribution in [2.75, 3.05) is 0 Å². The second kappa shape index (κ2) is 12.5. The summed E-state index contributed by atoms with van der Waals surface area (Å²) >= 11 is 1.68. The van der Waals surface area contributed by atoms with E-state index in [0.29, 0.717) is 0 Å². The topological polar surface area (TPSA) is 49.8 Å². The SMILES string of the molecule is C=C/C(=C\C(=C)Sc1cc(-c2cccc(C(/C=C(\N)C#N)=C/C)c2)ccc1CC)c1ccccc1. The van der Waals surface area contributed by atoms with Gasteiger partial charge in [-0.25, -0.2) is 0 Å². The Balaban J connectivity index is 1.94. The van der Waals surface area contributed by atoms with Gasteiger partial charge in [-0.05, 0) is 76.6 Å². The maximum Gasteiger partial charge on any atom is 0.117 e. The van der Waals surface area contributed by atoms with Crippen molar-refractivity contribution in [1.29, 1.82) is 5.26 Å². The molecule has 3 aromatic rings. The van der Waals surface area contributed by atoms with E-state index in [4.69, 9.17) is 11.0 Å². The van der Waals surface area contributed by atoms with Crippen molar-refractivity contribution in [1.82, 2.24) is 0 Å². The number of nitriles is 1. The average Bonchev–Trinajstić information content (AvgIpc) is 2.90. The fourth-order valence-electron chi connectivity index (χ4n) is 3.77. The maximum atomic E-state index is 9.06. The third kappa shape index (κ3) is 6.76. The molecule has 0 aliphatic carbocycles. The van der Waals surface area contributed by atoms with Crippen molar-refractivity contribution in [3.05, 3.63) is 138 Å². The first-order valence-corrected chi connectivity index (χ1v) is 12.3. The van der Waals surface area contributed by atoms with Crippen LogP contribution < -0.4 is 5.73 Å². The molecule has 0 atom stereocenters. The Morgan fingerprint density at radius 1 is 0.943 bits per heavy atom. The third-order valence-electron chi connectivity index (χ3n) is 5.61. The van der Waals surface area contributed by atoms with E-state index in [1.807, 2.05) is 55.5 Å². The minimum absolute atomic E-state index is 0.190. The zero-order valence-corrected chi connectivity index (χ0v) is 21.1. The normalized spacial score (nSPS) is 12.2. The zero-order valence-electron chi connectivity index (χ0n) is 20.3. The van der Waals surface area contributed by atoms with Gasteiger partial charge in [-0.3, -0.25) is 0 Å². The lowest BCUT2D eigenvalue weighted by Gasteiger charge is -2.13. The molecule has 35 heavy (non-hydrogen) atoms. The number of hydrogen-bond donors (Lipinski definition) is 1. The highest BCUT2D eigenvalue weighted by molar-refractivity contribution is 8.03. The lowest BCUT2D eigenvalue weighted by molar-refractivity contribution is 1.08. The van der Waals surface area contributed by atoms with Gasteiger partial charge in [0, 0.05) is 9.80 Å². The molecule has 0 unspecified atom stereocenters. The molecule has 2 nitrogen and oxygen atoms in total. The monoisotopic (exact) mass is 474 g/mol. The van der Waals surface area contributed by atoms with Gasteiger partial charge in [0.1, 0.15) is 11.8 Å². The summed E-state index contributed by atoms with van der Waals surface area (Å²) in [6, 6.07) is 27.1. The van der Waals surface area contributed by atoms with Crippen molar-refractivity contribution >= 4 is 22.9 Å². The van der Waals surface area contributed by atoms with Crippen LogP contribution in [0.5, 0.6) is 0 Å². The smallest absolute Gasteiger partial charge is 0.117 e. The maximum absolute atomic E-state index is 9.06. The Morgan fingerprint density at radius 3 is 2.31 bits per heavy atom. The summed E-state index contributed by atoms with van der Waals surface area (Å²) in [5.74, 6) is 0. The molecule has 0 spiro atoms. The minimum atomic E-state index is 0.190.